The Bertz CT molecular complexity index is 1120. The largest absolute Gasteiger partial charge is 0.573 e. The Morgan fingerprint density at radius 3 is 2.27 bits per heavy atom. The summed E-state index contributed by atoms with van der Waals surface area (Å²) in [6.45, 7) is 0.0911. The van der Waals surface area contributed by atoms with Crippen LogP contribution in [0.2, 0.25) is 0 Å². The average molecular weight is 471 g/mol. The highest BCUT2D eigenvalue weighted by atomic mass is 19.4. The van der Waals surface area contributed by atoms with Gasteiger partial charge < -0.3 is 14.2 Å². The van der Waals surface area contributed by atoms with Gasteiger partial charge in [-0.2, -0.15) is 18.2 Å². The van der Waals surface area contributed by atoms with Crippen molar-refractivity contribution in [3.63, 3.8) is 0 Å². The highest BCUT2D eigenvalue weighted by molar-refractivity contribution is 5.78. The van der Waals surface area contributed by atoms with Crippen molar-refractivity contribution in [1.82, 2.24) is 15.0 Å². The second kappa shape index (κ2) is 8.41. The number of halogens is 6. The van der Waals surface area contributed by atoms with Gasteiger partial charge in [0.2, 0.25) is 17.6 Å². The van der Waals surface area contributed by atoms with Gasteiger partial charge in [-0.05, 0) is 36.2 Å². The molecule has 0 radical (unpaired) electrons. The van der Waals surface area contributed by atoms with Gasteiger partial charge in [0.1, 0.15) is 11.8 Å². The number of carbonyl (C=O) groups excluding carboxylic acids is 1. The maximum Gasteiger partial charge on any atom is 0.573 e. The molecule has 1 aliphatic rings. The predicted octanol–water partition coefficient (Wildman–Crippen LogP) is 5.52. The molecule has 1 unspecified atom stereocenters. The summed E-state index contributed by atoms with van der Waals surface area (Å²) in [5.74, 6) is -0.391. The van der Waals surface area contributed by atoms with Gasteiger partial charge >= 0.3 is 12.5 Å². The zero-order valence-electron chi connectivity index (χ0n) is 16.7. The monoisotopic (exact) mass is 471 g/mol. The third kappa shape index (κ3) is 5.26. The molecule has 0 aliphatic carbocycles. The number of likely N-dealkylation sites (tertiary alicyclic amines) is 1. The summed E-state index contributed by atoms with van der Waals surface area (Å²) in [5, 5.41) is 3.81. The van der Waals surface area contributed by atoms with E-state index in [4.69, 9.17) is 4.52 Å². The highest BCUT2D eigenvalue weighted by Crippen LogP contribution is 2.35. The van der Waals surface area contributed by atoms with Crippen LogP contribution in [0.15, 0.2) is 53.1 Å². The third-order valence-electron chi connectivity index (χ3n) is 5.04. The fraction of sp³-hybridized carbons (Fsp3) is 0.286. The summed E-state index contributed by atoms with van der Waals surface area (Å²) in [7, 11) is 0. The molecule has 12 heteroatoms. The topological polar surface area (TPSA) is 68.5 Å². The Morgan fingerprint density at radius 2 is 1.67 bits per heavy atom. The smallest absolute Gasteiger partial charge is 0.406 e. The molecule has 174 valence electrons. The zero-order valence-corrected chi connectivity index (χ0v) is 16.7. The van der Waals surface area contributed by atoms with Crippen molar-refractivity contribution in [2.45, 2.75) is 38.0 Å². The molecule has 1 aliphatic heterocycles. The van der Waals surface area contributed by atoms with E-state index in [2.05, 4.69) is 14.9 Å². The maximum atomic E-state index is 12.7. The summed E-state index contributed by atoms with van der Waals surface area (Å²) in [5.41, 5.74) is 0.0653. The van der Waals surface area contributed by atoms with Gasteiger partial charge in [0.05, 0.1) is 5.56 Å². The number of rotatable bonds is 5. The molecule has 1 aromatic heterocycles. The van der Waals surface area contributed by atoms with E-state index in [1.54, 1.807) is 0 Å². The van der Waals surface area contributed by atoms with E-state index in [9.17, 15) is 31.1 Å². The summed E-state index contributed by atoms with van der Waals surface area (Å²) in [6.07, 6.45) is -8.69. The number of alkyl halides is 6. The molecule has 1 atom stereocenters. The third-order valence-corrected chi connectivity index (χ3v) is 5.04. The van der Waals surface area contributed by atoms with E-state index in [0.29, 0.717) is 17.5 Å². The predicted molar refractivity (Wildman–Crippen MR) is 100 cm³/mol. The molecule has 0 spiro atoms. The van der Waals surface area contributed by atoms with Gasteiger partial charge in [-0.25, -0.2) is 0 Å². The fourth-order valence-corrected chi connectivity index (χ4v) is 3.48. The minimum atomic E-state index is -4.81. The molecule has 0 N–H and O–H groups in total. The molecular weight excluding hydrogens is 456 g/mol. The van der Waals surface area contributed by atoms with Crippen LogP contribution in [0.3, 0.4) is 0 Å². The first kappa shape index (κ1) is 22.6. The quantitative estimate of drug-likeness (QED) is 0.459. The van der Waals surface area contributed by atoms with Gasteiger partial charge in [0.15, 0.2) is 0 Å². The van der Waals surface area contributed by atoms with E-state index in [-0.39, 0.29) is 36.3 Å². The van der Waals surface area contributed by atoms with Crippen LogP contribution < -0.4 is 4.74 Å². The second-order valence-electron chi connectivity index (χ2n) is 7.30. The molecule has 0 bridgehead atoms. The maximum absolute atomic E-state index is 12.7. The van der Waals surface area contributed by atoms with Crippen LogP contribution in [-0.4, -0.2) is 27.3 Å². The van der Waals surface area contributed by atoms with Crippen LogP contribution in [0.25, 0.3) is 11.4 Å². The number of hydrogen-bond donors (Lipinski definition) is 0. The molecule has 1 saturated heterocycles. The van der Waals surface area contributed by atoms with Crippen LogP contribution in [0.5, 0.6) is 5.75 Å². The zero-order chi connectivity index (χ0) is 23.8. The number of benzene rings is 2. The van der Waals surface area contributed by atoms with Crippen LogP contribution >= 0.6 is 0 Å². The number of ether oxygens (including phenoxy) is 1. The Labute approximate surface area is 182 Å². The highest BCUT2D eigenvalue weighted by Gasteiger charge is 2.36. The molecule has 2 heterocycles. The number of aromatic nitrogens is 2. The molecule has 2 aromatic carbocycles. The van der Waals surface area contributed by atoms with Crippen LogP contribution in [0, 0.1) is 0 Å². The van der Waals surface area contributed by atoms with Gasteiger partial charge in [-0.1, -0.05) is 29.4 Å². The van der Waals surface area contributed by atoms with Crippen molar-refractivity contribution in [3.05, 3.63) is 65.5 Å². The van der Waals surface area contributed by atoms with Crippen molar-refractivity contribution >= 4 is 5.91 Å². The Balaban J connectivity index is 1.49. The lowest BCUT2D eigenvalue weighted by Crippen LogP contribution is -2.27. The molecule has 1 fully saturated rings. The van der Waals surface area contributed by atoms with E-state index >= 15 is 0 Å². The number of amides is 1. The first-order valence-corrected chi connectivity index (χ1v) is 9.65. The minimum Gasteiger partial charge on any atom is -0.406 e. The lowest BCUT2D eigenvalue weighted by molar-refractivity contribution is -0.274. The summed E-state index contributed by atoms with van der Waals surface area (Å²) >= 11 is 0. The van der Waals surface area contributed by atoms with Crippen molar-refractivity contribution < 1.29 is 40.4 Å². The van der Waals surface area contributed by atoms with Gasteiger partial charge in [0.25, 0.3) is 0 Å². The van der Waals surface area contributed by atoms with Crippen molar-refractivity contribution in [2.75, 3.05) is 0 Å². The minimum absolute atomic E-state index is 0.0756. The molecule has 33 heavy (non-hydrogen) atoms. The molecular formula is C21H15F6N3O3. The Morgan fingerprint density at radius 1 is 1.00 bits per heavy atom. The van der Waals surface area contributed by atoms with E-state index < -0.39 is 24.1 Å². The van der Waals surface area contributed by atoms with Gasteiger partial charge in [-0.3, -0.25) is 4.79 Å². The van der Waals surface area contributed by atoms with E-state index in [0.717, 1.165) is 24.3 Å². The molecule has 1 amide bonds. The van der Waals surface area contributed by atoms with Gasteiger partial charge in [0, 0.05) is 18.5 Å². The first-order valence-electron chi connectivity index (χ1n) is 9.65. The number of hydrogen-bond acceptors (Lipinski definition) is 5. The molecule has 4 rings (SSSR count). The first-order chi connectivity index (χ1) is 15.5. The second-order valence-corrected chi connectivity index (χ2v) is 7.30. The van der Waals surface area contributed by atoms with E-state index in [1.807, 2.05) is 0 Å². The van der Waals surface area contributed by atoms with Crippen LogP contribution in [0.1, 0.15) is 35.9 Å². The van der Waals surface area contributed by atoms with Crippen LogP contribution in [-0.2, 0) is 17.5 Å². The summed E-state index contributed by atoms with van der Waals surface area (Å²) in [4.78, 5) is 18.1. The van der Waals surface area contributed by atoms with Crippen molar-refractivity contribution in [2.24, 2.45) is 0 Å². The van der Waals surface area contributed by atoms with Crippen molar-refractivity contribution in [1.29, 1.82) is 0 Å². The normalized spacial score (nSPS) is 17.0. The van der Waals surface area contributed by atoms with Gasteiger partial charge in [-0.15, -0.1) is 13.2 Å². The van der Waals surface area contributed by atoms with Crippen molar-refractivity contribution in [3.8, 4) is 17.1 Å². The molecule has 0 saturated carbocycles. The standard InChI is InChI=1S/C21H15F6N3O3/c22-20(23,24)14-5-3-13(4-6-14)18-28-19(33-29-18)16-9-10-17(31)30(16)11-12-1-7-15(8-2-12)32-21(25,26)27/h1-8,16H,9-11H2. The SMILES string of the molecule is O=C1CCC(c2nc(-c3ccc(C(F)(F)F)cc3)no2)N1Cc1ccc(OC(F)(F)F)cc1. The molecule has 3 aromatic rings. The Hall–Kier alpha value is -3.57. The Kier molecular flexibility index (Phi) is 5.76. The summed E-state index contributed by atoms with van der Waals surface area (Å²) in [6, 6.07) is 8.79. The summed E-state index contributed by atoms with van der Waals surface area (Å²) < 4.78 is 84.2. The fourth-order valence-electron chi connectivity index (χ4n) is 3.48. The van der Waals surface area contributed by atoms with E-state index in [1.165, 1.54) is 29.2 Å². The van der Waals surface area contributed by atoms with Crippen LogP contribution in [0.4, 0.5) is 26.3 Å². The number of nitrogens with zero attached hydrogens (tertiary/aromatic N) is 3. The molecule has 6 nitrogen and oxygen atoms in total. The average Bonchev–Trinajstić information content (AvgIpc) is 3.35. The lowest BCUT2D eigenvalue weighted by atomic mass is 10.1. The lowest BCUT2D eigenvalue weighted by Gasteiger charge is -2.22. The number of carbonyl (C=O) groups is 1.